The first kappa shape index (κ1) is 26.5. The number of nitrogens with zero attached hydrogens (tertiary/aromatic N) is 2. The fourth-order valence-corrected chi connectivity index (χ4v) is 4.94. The van der Waals surface area contributed by atoms with E-state index in [1.165, 1.54) is 5.56 Å². The Labute approximate surface area is 229 Å². The van der Waals surface area contributed by atoms with Crippen molar-refractivity contribution in [3.05, 3.63) is 89.4 Å². The molecule has 2 aromatic heterocycles. The number of nitrogens with one attached hydrogen (secondary N) is 1. The number of methoxy groups -OCH3 is 1. The summed E-state index contributed by atoms with van der Waals surface area (Å²) in [6.45, 7) is 2.72. The zero-order valence-electron chi connectivity index (χ0n) is 22.7. The lowest BCUT2D eigenvalue weighted by Gasteiger charge is -2.16. The van der Waals surface area contributed by atoms with Crippen LogP contribution in [0.15, 0.2) is 67.0 Å². The van der Waals surface area contributed by atoms with Gasteiger partial charge in [-0.05, 0) is 61.3 Å². The van der Waals surface area contributed by atoms with Crippen LogP contribution < -0.4 is 10.1 Å². The van der Waals surface area contributed by atoms with Crippen molar-refractivity contribution in [3.8, 4) is 16.9 Å². The molecule has 1 saturated carbocycles. The Morgan fingerprint density at radius 2 is 1.82 bits per heavy atom. The minimum Gasteiger partial charge on any atom is -0.496 e. The smallest absolute Gasteiger partial charge is 0.269 e. The van der Waals surface area contributed by atoms with Gasteiger partial charge in [-0.1, -0.05) is 49.7 Å². The number of carbonyl (C=O) groups excluding carboxylic acids is 2. The Balaban J connectivity index is 1.53. The van der Waals surface area contributed by atoms with Crippen LogP contribution in [0, 0.1) is 5.92 Å². The number of benzene rings is 2. The van der Waals surface area contributed by atoms with Crippen LogP contribution in [0.4, 0.5) is 0 Å². The molecule has 2 aromatic carbocycles. The highest BCUT2D eigenvalue weighted by Gasteiger charge is 2.27. The van der Waals surface area contributed by atoms with Gasteiger partial charge in [0.05, 0.1) is 12.6 Å². The number of amides is 1. The van der Waals surface area contributed by atoms with E-state index in [-0.39, 0.29) is 11.7 Å². The molecule has 1 aliphatic carbocycles. The molecule has 1 aliphatic rings. The third-order valence-corrected chi connectivity index (χ3v) is 7.40. The first-order chi connectivity index (χ1) is 19.1. The van der Waals surface area contributed by atoms with Crippen molar-refractivity contribution in [1.82, 2.24) is 15.3 Å². The summed E-state index contributed by atoms with van der Waals surface area (Å²) < 4.78 is 5.74. The van der Waals surface area contributed by atoms with Crippen molar-refractivity contribution in [2.24, 2.45) is 5.92 Å². The number of hydrogen-bond acceptors (Lipinski definition) is 5. The van der Waals surface area contributed by atoms with Crippen LogP contribution >= 0.6 is 0 Å². The molecule has 0 unspecified atom stereocenters. The third-order valence-electron chi connectivity index (χ3n) is 7.40. The molecule has 0 atom stereocenters. The highest BCUT2D eigenvalue weighted by atomic mass is 16.5. The van der Waals surface area contributed by atoms with Gasteiger partial charge in [-0.3, -0.25) is 19.6 Å². The van der Waals surface area contributed by atoms with E-state index < -0.39 is 0 Å². The molecular formula is C33H35N3O3. The third kappa shape index (κ3) is 6.33. The normalized spacial score (nSPS) is 12.9. The number of aromatic nitrogens is 2. The summed E-state index contributed by atoms with van der Waals surface area (Å²) in [7, 11) is 1.64. The van der Waals surface area contributed by atoms with Gasteiger partial charge in [0, 0.05) is 53.5 Å². The summed E-state index contributed by atoms with van der Waals surface area (Å²) in [5, 5.41) is 3.86. The molecule has 4 aromatic rings. The van der Waals surface area contributed by atoms with Crippen LogP contribution in [-0.2, 0) is 12.8 Å². The lowest BCUT2D eigenvalue weighted by Crippen LogP contribution is -2.25. The number of pyridine rings is 2. The molecule has 0 saturated heterocycles. The van der Waals surface area contributed by atoms with Gasteiger partial charge >= 0.3 is 0 Å². The van der Waals surface area contributed by atoms with Gasteiger partial charge in [0.15, 0.2) is 5.78 Å². The van der Waals surface area contributed by atoms with Gasteiger partial charge in [0.2, 0.25) is 0 Å². The molecule has 6 nitrogen and oxygen atoms in total. The van der Waals surface area contributed by atoms with E-state index >= 15 is 0 Å². The summed E-state index contributed by atoms with van der Waals surface area (Å²) >= 11 is 0. The first-order valence-electron chi connectivity index (χ1n) is 13.9. The van der Waals surface area contributed by atoms with Gasteiger partial charge in [-0.25, -0.2) is 0 Å². The Morgan fingerprint density at radius 3 is 2.51 bits per heavy atom. The van der Waals surface area contributed by atoms with E-state index in [1.54, 1.807) is 25.6 Å². The molecule has 0 aliphatic heterocycles. The van der Waals surface area contributed by atoms with Gasteiger partial charge in [0.25, 0.3) is 5.91 Å². The van der Waals surface area contributed by atoms with Gasteiger partial charge in [-0.2, -0.15) is 0 Å². The largest absolute Gasteiger partial charge is 0.496 e. The maximum atomic E-state index is 13.3. The van der Waals surface area contributed by atoms with Gasteiger partial charge in [-0.15, -0.1) is 0 Å². The molecule has 0 bridgehead atoms. The maximum Gasteiger partial charge on any atom is 0.269 e. The van der Waals surface area contributed by atoms with Gasteiger partial charge < -0.3 is 10.1 Å². The van der Waals surface area contributed by atoms with Crippen molar-refractivity contribution in [1.29, 1.82) is 0 Å². The van der Waals surface area contributed by atoms with Crippen LogP contribution in [0.2, 0.25) is 0 Å². The lowest BCUT2D eigenvalue weighted by atomic mass is 9.91. The predicted molar refractivity (Wildman–Crippen MR) is 154 cm³/mol. The van der Waals surface area contributed by atoms with Crippen molar-refractivity contribution in [2.45, 2.75) is 51.9 Å². The molecule has 2 heterocycles. The second-order valence-corrected chi connectivity index (χ2v) is 10.3. The molecular weight excluding hydrogens is 486 g/mol. The van der Waals surface area contributed by atoms with E-state index in [2.05, 4.69) is 35.4 Å². The number of carbonyl (C=O) groups is 2. The Morgan fingerprint density at radius 1 is 1.00 bits per heavy atom. The second kappa shape index (κ2) is 12.2. The highest BCUT2D eigenvalue weighted by Crippen LogP contribution is 2.37. The molecule has 1 fully saturated rings. The fraction of sp³-hybridized carbons (Fsp3) is 0.333. The van der Waals surface area contributed by atoms with Crippen LogP contribution in [0.3, 0.4) is 0 Å². The molecule has 0 radical (unpaired) electrons. The zero-order chi connectivity index (χ0) is 27.2. The summed E-state index contributed by atoms with van der Waals surface area (Å²) in [5.74, 6) is 1.17. The topological polar surface area (TPSA) is 81.2 Å². The number of unbranched alkanes of at least 4 members (excludes halogenated alkanes) is 1. The van der Waals surface area contributed by atoms with E-state index in [0.29, 0.717) is 30.3 Å². The van der Waals surface area contributed by atoms with Gasteiger partial charge in [0.1, 0.15) is 11.4 Å². The van der Waals surface area contributed by atoms with E-state index in [1.807, 2.05) is 30.3 Å². The quantitative estimate of drug-likeness (QED) is 0.168. The maximum absolute atomic E-state index is 13.3. The minimum absolute atomic E-state index is 0.174. The predicted octanol–water partition coefficient (Wildman–Crippen LogP) is 6.60. The molecule has 1 amide bonds. The van der Waals surface area contributed by atoms with Crippen LogP contribution in [0.5, 0.6) is 5.75 Å². The zero-order valence-corrected chi connectivity index (χ0v) is 22.7. The number of fused-ring (bicyclic) bond motifs is 1. The van der Waals surface area contributed by atoms with Crippen molar-refractivity contribution < 1.29 is 14.3 Å². The molecule has 1 N–H and O–H groups in total. The Hall–Kier alpha value is -4.06. The van der Waals surface area contributed by atoms with E-state index in [9.17, 15) is 9.59 Å². The van der Waals surface area contributed by atoms with Crippen molar-refractivity contribution in [3.63, 3.8) is 0 Å². The van der Waals surface area contributed by atoms with Crippen LogP contribution in [-0.4, -0.2) is 35.3 Å². The molecule has 200 valence electrons. The summed E-state index contributed by atoms with van der Waals surface area (Å²) in [6, 6.07) is 18.0. The van der Waals surface area contributed by atoms with E-state index in [4.69, 9.17) is 9.72 Å². The molecule has 5 rings (SSSR count). The van der Waals surface area contributed by atoms with Crippen LogP contribution in [0.25, 0.3) is 22.0 Å². The number of rotatable bonds is 12. The van der Waals surface area contributed by atoms with Crippen molar-refractivity contribution in [2.75, 3.05) is 13.7 Å². The standard InChI is InChI=1S/C33H35N3O3/c1-3-4-16-34-33(38)29-15-13-24(20-35-29)26-18-27-25(14-12-22-8-6-5-7-9-22)28(31(37)17-23-10-11-23)21-36-30(27)19-32(26)39-2/h5-9,13,15,18-21,23H,3-4,10-12,14,16-17H2,1-2H3,(H,34,38). The summed E-state index contributed by atoms with van der Waals surface area (Å²) in [5.41, 5.74) is 5.84. The number of Topliss-reactive ketones (excluding diaryl/α,β-unsaturated/α-hetero) is 1. The number of aryl methyl sites for hydroxylation is 2. The van der Waals surface area contributed by atoms with Crippen LogP contribution in [0.1, 0.15) is 71.0 Å². The Bertz CT molecular complexity index is 1460. The number of ketones is 1. The summed E-state index contributed by atoms with van der Waals surface area (Å²) in [4.78, 5) is 34.9. The first-order valence-corrected chi connectivity index (χ1v) is 13.9. The fourth-order valence-electron chi connectivity index (χ4n) is 4.94. The SMILES string of the molecule is CCCCNC(=O)c1ccc(-c2cc3c(CCc4ccccc4)c(C(=O)CC4CC4)cnc3cc2OC)cn1. The number of hydrogen-bond donors (Lipinski definition) is 1. The average Bonchev–Trinajstić information content (AvgIpc) is 3.79. The molecule has 0 spiro atoms. The average molecular weight is 522 g/mol. The van der Waals surface area contributed by atoms with E-state index in [0.717, 1.165) is 71.7 Å². The minimum atomic E-state index is -0.174. The Kier molecular flexibility index (Phi) is 8.30. The monoisotopic (exact) mass is 521 g/mol. The number of ether oxygens (including phenoxy) is 1. The highest BCUT2D eigenvalue weighted by molar-refractivity contribution is 6.03. The summed E-state index contributed by atoms with van der Waals surface area (Å²) in [6.07, 6.45) is 9.82. The van der Waals surface area contributed by atoms with Crippen molar-refractivity contribution >= 4 is 22.6 Å². The molecule has 6 heteroatoms. The molecule has 39 heavy (non-hydrogen) atoms. The lowest BCUT2D eigenvalue weighted by molar-refractivity contribution is 0.0946. The second-order valence-electron chi connectivity index (χ2n) is 10.3.